The molecule has 0 aliphatic heterocycles. The smallest absolute Gasteiger partial charge is 0.238 e. The Hall–Kier alpha value is -4.04. The fourth-order valence-electron chi connectivity index (χ4n) is 3.64. The van der Waals surface area contributed by atoms with Crippen LogP contribution < -0.4 is 0 Å². The average Bonchev–Trinajstić information content (AvgIpc) is 3.50. The van der Waals surface area contributed by atoms with E-state index >= 15 is 0 Å². The fraction of sp³-hybridized carbons (Fsp3) is 0. The monoisotopic (exact) mass is 482 g/mol. The topological polar surface area (TPSA) is 62.4 Å². The van der Waals surface area contributed by atoms with E-state index in [1.807, 2.05) is 72.8 Å². The Morgan fingerprint density at radius 3 is 2.12 bits per heavy atom. The molecule has 0 unspecified atom stereocenters. The Morgan fingerprint density at radius 2 is 1.44 bits per heavy atom. The predicted molar refractivity (Wildman–Crippen MR) is 136 cm³/mol. The number of benzene rings is 3. The number of furan rings is 2. The first-order valence-electron chi connectivity index (χ1n) is 10.4. The molecule has 0 saturated carbocycles. The quantitative estimate of drug-likeness (QED) is 0.235. The molecule has 164 valence electrons. The van der Waals surface area contributed by atoms with Crippen molar-refractivity contribution in [2.45, 2.75) is 0 Å². The first kappa shape index (κ1) is 21.8. The Kier molecular flexibility index (Phi) is 6.05. The molecule has 4 nitrogen and oxygen atoms in total. The van der Waals surface area contributed by atoms with Crippen LogP contribution in [0.2, 0.25) is 10.0 Å². The van der Waals surface area contributed by atoms with E-state index in [0.717, 1.165) is 16.7 Å². The van der Waals surface area contributed by atoms with Gasteiger partial charge in [-0.1, -0.05) is 83.9 Å². The van der Waals surface area contributed by atoms with Crippen LogP contribution in [-0.2, 0) is 0 Å². The van der Waals surface area contributed by atoms with E-state index in [-0.39, 0.29) is 5.88 Å². The van der Waals surface area contributed by atoms with E-state index in [1.165, 1.54) is 6.21 Å². The van der Waals surface area contributed by atoms with Crippen molar-refractivity contribution < 1.29 is 8.83 Å². The molecule has 3 aromatic carbocycles. The van der Waals surface area contributed by atoms with Gasteiger partial charge in [-0.2, -0.15) is 5.26 Å². The summed E-state index contributed by atoms with van der Waals surface area (Å²) < 4.78 is 12.0. The number of aliphatic imine (C=N–C) groups is 1. The van der Waals surface area contributed by atoms with Crippen molar-refractivity contribution in [3.05, 3.63) is 112 Å². The van der Waals surface area contributed by atoms with E-state index < -0.39 is 0 Å². The van der Waals surface area contributed by atoms with Gasteiger partial charge in [0.1, 0.15) is 28.9 Å². The van der Waals surface area contributed by atoms with Crippen LogP contribution in [0.25, 0.3) is 33.8 Å². The summed E-state index contributed by atoms with van der Waals surface area (Å²) in [6, 6.07) is 30.5. The molecule has 2 aromatic heterocycles. The Labute approximate surface area is 206 Å². The highest BCUT2D eigenvalue weighted by molar-refractivity contribution is 6.42. The van der Waals surface area contributed by atoms with Crippen LogP contribution in [0, 0.1) is 11.3 Å². The molecule has 5 aromatic rings. The molecule has 0 amide bonds. The first-order chi connectivity index (χ1) is 16.6. The van der Waals surface area contributed by atoms with Gasteiger partial charge in [-0.15, -0.1) is 0 Å². The molecule has 5 rings (SSSR count). The molecule has 34 heavy (non-hydrogen) atoms. The third kappa shape index (κ3) is 4.27. The molecule has 0 N–H and O–H groups in total. The van der Waals surface area contributed by atoms with Gasteiger partial charge in [0.05, 0.1) is 16.3 Å². The minimum atomic E-state index is 0.215. The molecule has 0 aliphatic rings. The normalized spacial score (nSPS) is 11.1. The van der Waals surface area contributed by atoms with Gasteiger partial charge in [-0.25, -0.2) is 4.99 Å². The van der Waals surface area contributed by atoms with Crippen molar-refractivity contribution in [3.63, 3.8) is 0 Å². The molecule has 0 spiro atoms. The van der Waals surface area contributed by atoms with Gasteiger partial charge >= 0.3 is 0 Å². The van der Waals surface area contributed by atoms with Crippen molar-refractivity contribution in [1.29, 1.82) is 5.26 Å². The summed E-state index contributed by atoms with van der Waals surface area (Å²) in [6.45, 7) is 0. The molecule has 0 fully saturated rings. The van der Waals surface area contributed by atoms with E-state index in [9.17, 15) is 5.26 Å². The standard InChI is InChI=1S/C28H16Cl2N2O2/c29-23-13-11-20(15-24(23)30)25-14-12-21(33-25)17-32-28-22(16-31)26(18-7-3-1-4-8-18)27(34-28)19-9-5-2-6-10-19/h1-15,17H/b32-17+. The van der Waals surface area contributed by atoms with E-state index in [4.69, 9.17) is 32.0 Å². The second kappa shape index (κ2) is 9.44. The zero-order valence-electron chi connectivity index (χ0n) is 17.7. The van der Waals surface area contributed by atoms with Crippen molar-refractivity contribution in [2.24, 2.45) is 4.99 Å². The Balaban J connectivity index is 1.55. The molecular formula is C28H16Cl2N2O2. The number of hydrogen-bond donors (Lipinski definition) is 0. The maximum Gasteiger partial charge on any atom is 0.238 e. The van der Waals surface area contributed by atoms with Crippen LogP contribution >= 0.6 is 23.2 Å². The molecular weight excluding hydrogens is 467 g/mol. The molecule has 0 atom stereocenters. The third-order valence-corrected chi connectivity index (χ3v) is 5.98. The molecule has 0 aliphatic carbocycles. The number of rotatable bonds is 5. The lowest BCUT2D eigenvalue weighted by atomic mass is 9.98. The SMILES string of the molecule is N#Cc1c(/N=C/c2ccc(-c3ccc(Cl)c(Cl)c3)o2)oc(-c2ccccc2)c1-c1ccccc1. The maximum absolute atomic E-state index is 9.99. The summed E-state index contributed by atoms with van der Waals surface area (Å²) in [5.41, 5.74) is 3.60. The van der Waals surface area contributed by atoms with Crippen molar-refractivity contribution in [2.75, 3.05) is 0 Å². The molecule has 2 heterocycles. The predicted octanol–water partition coefficient (Wildman–Crippen LogP) is 8.80. The first-order valence-corrected chi connectivity index (χ1v) is 11.2. The second-order valence-corrected chi connectivity index (χ2v) is 8.23. The lowest BCUT2D eigenvalue weighted by Gasteiger charge is -2.03. The van der Waals surface area contributed by atoms with Crippen molar-refractivity contribution in [3.8, 4) is 39.8 Å². The van der Waals surface area contributed by atoms with Gasteiger partial charge in [0, 0.05) is 16.7 Å². The largest absolute Gasteiger partial charge is 0.455 e. The lowest BCUT2D eigenvalue weighted by Crippen LogP contribution is -1.83. The van der Waals surface area contributed by atoms with Crippen LogP contribution in [0.1, 0.15) is 11.3 Å². The number of hydrogen-bond acceptors (Lipinski definition) is 4. The van der Waals surface area contributed by atoms with Gasteiger partial charge in [0.15, 0.2) is 0 Å². The summed E-state index contributed by atoms with van der Waals surface area (Å²) in [5, 5.41) is 10.9. The minimum absolute atomic E-state index is 0.215. The maximum atomic E-state index is 9.99. The van der Waals surface area contributed by atoms with Crippen LogP contribution in [0.4, 0.5) is 5.88 Å². The van der Waals surface area contributed by atoms with E-state index in [2.05, 4.69) is 11.1 Å². The third-order valence-electron chi connectivity index (χ3n) is 5.24. The van der Waals surface area contributed by atoms with Crippen LogP contribution in [0.5, 0.6) is 0 Å². The number of halogens is 2. The summed E-state index contributed by atoms with van der Waals surface area (Å²) in [4.78, 5) is 4.46. The van der Waals surface area contributed by atoms with Crippen LogP contribution in [-0.4, -0.2) is 6.21 Å². The molecule has 0 radical (unpaired) electrons. The average molecular weight is 483 g/mol. The Morgan fingerprint density at radius 1 is 0.735 bits per heavy atom. The summed E-state index contributed by atoms with van der Waals surface area (Å²) in [6.07, 6.45) is 1.53. The summed E-state index contributed by atoms with van der Waals surface area (Å²) >= 11 is 12.1. The van der Waals surface area contributed by atoms with Gasteiger partial charge in [0.25, 0.3) is 0 Å². The molecule has 0 bridgehead atoms. The van der Waals surface area contributed by atoms with Gasteiger partial charge in [0.2, 0.25) is 5.88 Å². The van der Waals surface area contributed by atoms with E-state index in [0.29, 0.717) is 38.5 Å². The number of nitriles is 1. The highest BCUT2D eigenvalue weighted by Crippen LogP contribution is 2.42. The van der Waals surface area contributed by atoms with Crippen LogP contribution in [0.3, 0.4) is 0 Å². The number of nitrogens with zero attached hydrogens (tertiary/aromatic N) is 2. The highest BCUT2D eigenvalue weighted by atomic mass is 35.5. The van der Waals surface area contributed by atoms with Gasteiger partial charge in [-0.3, -0.25) is 0 Å². The van der Waals surface area contributed by atoms with Crippen molar-refractivity contribution in [1.82, 2.24) is 0 Å². The van der Waals surface area contributed by atoms with Crippen molar-refractivity contribution >= 4 is 35.3 Å². The fourth-order valence-corrected chi connectivity index (χ4v) is 3.93. The zero-order chi connectivity index (χ0) is 23.5. The molecule has 0 saturated heterocycles. The van der Waals surface area contributed by atoms with E-state index in [1.54, 1.807) is 18.2 Å². The summed E-state index contributed by atoms with van der Waals surface area (Å²) in [7, 11) is 0. The van der Waals surface area contributed by atoms with Crippen LogP contribution in [0.15, 0.2) is 105 Å². The highest BCUT2D eigenvalue weighted by Gasteiger charge is 2.22. The molecule has 6 heteroatoms. The lowest BCUT2D eigenvalue weighted by molar-refractivity contribution is 0.572. The Bertz CT molecular complexity index is 1530. The van der Waals surface area contributed by atoms with Gasteiger partial charge < -0.3 is 8.83 Å². The second-order valence-electron chi connectivity index (χ2n) is 7.42. The summed E-state index contributed by atoms with van der Waals surface area (Å²) in [5.74, 6) is 1.93. The van der Waals surface area contributed by atoms with Gasteiger partial charge in [-0.05, 0) is 35.9 Å². The minimum Gasteiger partial charge on any atom is -0.455 e. The zero-order valence-corrected chi connectivity index (χ0v) is 19.2.